The van der Waals surface area contributed by atoms with E-state index in [4.69, 9.17) is 9.47 Å². The van der Waals surface area contributed by atoms with Gasteiger partial charge in [0, 0.05) is 16.7 Å². The molecule has 0 N–H and O–H groups in total. The molecule has 0 saturated heterocycles. The Hall–Kier alpha value is -1.03. The van der Waals surface area contributed by atoms with Crippen molar-refractivity contribution in [3.05, 3.63) is 29.3 Å². The summed E-state index contributed by atoms with van der Waals surface area (Å²) in [5.41, 5.74) is 0. The Balaban J connectivity index is 2.48. The van der Waals surface area contributed by atoms with Gasteiger partial charge in [0.1, 0.15) is 12.5 Å². The average Bonchev–Trinajstić information content (AvgIpc) is 2.04. The number of halogens is 1. The second kappa shape index (κ2) is 2.54. The first-order valence-corrected chi connectivity index (χ1v) is 3.79. The van der Waals surface area contributed by atoms with Crippen molar-refractivity contribution in [2.24, 2.45) is 0 Å². The Bertz CT molecular complexity index is 311. The fourth-order valence-corrected chi connectivity index (χ4v) is 1.08. The van der Waals surface area contributed by atoms with Crippen LogP contribution in [0.15, 0.2) is 29.3 Å². The number of nitrogens with zero attached hydrogens (tertiary/aromatic N) is 1. The predicted molar refractivity (Wildman–Crippen MR) is 42.3 cm³/mol. The number of ether oxygens (including phenoxy) is 2. The highest BCUT2D eigenvalue weighted by Gasteiger charge is 2.08. The second-order valence-corrected chi connectivity index (χ2v) is 2.88. The lowest BCUT2D eigenvalue weighted by Crippen LogP contribution is -1.97. The number of fused-ring (bicyclic) bond motifs is 1. The predicted octanol–water partition coefficient (Wildman–Crippen LogP) is 2.09. The molecule has 1 aliphatic heterocycles. The monoisotopic (exact) mass is 213 g/mol. The van der Waals surface area contributed by atoms with Crippen molar-refractivity contribution in [2.45, 2.75) is 0 Å². The Morgan fingerprint density at radius 2 is 2.09 bits per heavy atom. The molecule has 0 amide bonds. The molecule has 2 rings (SSSR count). The third-order valence-electron chi connectivity index (χ3n) is 1.22. The highest BCUT2D eigenvalue weighted by molar-refractivity contribution is 9.10. The standard InChI is InChI=1S/C7H4BrNO2/c8-5-3-6-7(9-4-5)11-2-1-10-6/h1-4H. The lowest BCUT2D eigenvalue weighted by molar-refractivity contribution is 0.349. The van der Waals surface area contributed by atoms with E-state index in [0.29, 0.717) is 11.6 Å². The molecule has 0 atom stereocenters. The highest BCUT2D eigenvalue weighted by Crippen LogP contribution is 2.29. The fourth-order valence-electron chi connectivity index (χ4n) is 0.774. The summed E-state index contributed by atoms with van der Waals surface area (Å²) < 4.78 is 11.0. The van der Waals surface area contributed by atoms with Gasteiger partial charge in [0.2, 0.25) is 0 Å². The summed E-state index contributed by atoms with van der Waals surface area (Å²) in [6.07, 6.45) is 4.57. The molecule has 0 unspecified atom stereocenters. The zero-order valence-corrected chi connectivity index (χ0v) is 7.04. The minimum absolute atomic E-state index is 0.496. The van der Waals surface area contributed by atoms with Crippen molar-refractivity contribution >= 4 is 15.9 Å². The molecule has 0 fully saturated rings. The SMILES string of the molecule is Brc1cnc2c(c1)OC=CO2. The quantitative estimate of drug-likeness (QED) is 0.662. The van der Waals surface area contributed by atoms with Gasteiger partial charge in [-0.2, -0.15) is 0 Å². The van der Waals surface area contributed by atoms with E-state index in [1.165, 1.54) is 12.5 Å². The van der Waals surface area contributed by atoms with Crippen LogP contribution >= 0.6 is 15.9 Å². The van der Waals surface area contributed by atoms with Crippen LogP contribution in [0.5, 0.6) is 11.6 Å². The van der Waals surface area contributed by atoms with Crippen molar-refractivity contribution in [3.8, 4) is 11.6 Å². The van der Waals surface area contributed by atoms with Crippen LogP contribution in [-0.2, 0) is 0 Å². The summed E-state index contributed by atoms with van der Waals surface area (Å²) in [4.78, 5) is 3.97. The number of hydrogen-bond acceptors (Lipinski definition) is 3. The van der Waals surface area contributed by atoms with Gasteiger partial charge in [-0.3, -0.25) is 0 Å². The molecule has 4 heteroatoms. The molecular formula is C7H4BrNO2. The zero-order valence-electron chi connectivity index (χ0n) is 5.45. The maximum absolute atomic E-state index is 5.11. The summed E-state index contributed by atoms with van der Waals surface area (Å²) in [5.74, 6) is 1.12. The Morgan fingerprint density at radius 3 is 3.00 bits per heavy atom. The van der Waals surface area contributed by atoms with E-state index in [2.05, 4.69) is 20.9 Å². The average molecular weight is 214 g/mol. The lowest BCUT2D eigenvalue weighted by Gasteiger charge is -2.09. The molecule has 0 spiro atoms. The van der Waals surface area contributed by atoms with Gasteiger partial charge in [-0.25, -0.2) is 4.98 Å². The first-order chi connectivity index (χ1) is 5.36. The van der Waals surface area contributed by atoms with Crippen molar-refractivity contribution in [1.29, 1.82) is 0 Å². The summed E-state index contributed by atoms with van der Waals surface area (Å²) >= 11 is 3.27. The van der Waals surface area contributed by atoms with Gasteiger partial charge >= 0.3 is 0 Å². The highest BCUT2D eigenvalue weighted by atomic mass is 79.9. The molecule has 1 aromatic rings. The molecule has 0 aromatic carbocycles. The van der Waals surface area contributed by atoms with Crippen molar-refractivity contribution in [2.75, 3.05) is 0 Å². The molecule has 11 heavy (non-hydrogen) atoms. The van der Waals surface area contributed by atoms with Crippen molar-refractivity contribution in [1.82, 2.24) is 4.98 Å². The first kappa shape index (κ1) is 6.67. The Labute approximate surface area is 71.8 Å². The molecule has 2 heterocycles. The number of aromatic nitrogens is 1. The van der Waals surface area contributed by atoms with Gasteiger partial charge in [-0.15, -0.1) is 0 Å². The normalized spacial score (nSPS) is 13.2. The molecular weight excluding hydrogens is 210 g/mol. The molecule has 1 aromatic heterocycles. The Kier molecular flexibility index (Phi) is 1.54. The van der Waals surface area contributed by atoms with Gasteiger partial charge in [0.25, 0.3) is 5.88 Å². The summed E-state index contributed by atoms with van der Waals surface area (Å²) in [6, 6.07) is 1.80. The van der Waals surface area contributed by atoms with Crippen LogP contribution in [0.1, 0.15) is 0 Å². The molecule has 3 nitrogen and oxygen atoms in total. The Morgan fingerprint density at radius 1 is 1.27 bits per heavy atom. The van der Waals surface area contributed by atoms with Crippen molar-refractivity contribution in [3.63, 3.8) is 0 Å². The van der Waals surface area contributed by atoms with Crippen LogP contribution in [0.25, 0.3) is 0 Å². The van der Waals surface area contributed by atoms with Gasteiger partial charge in [0.05, 0.1) is 0 Å². The topological polar surface area (TPSA) is 31.4 Å². The molecule has 1 aliphatic rings. The van der Waals surface area contributed by atoms with E-state index < -0.39 is 0 Å². The maximum atomic E-state index is 5.11. The summed E-state index contributed by atoms with van der Waals surface area (Å²) in [7, 11) is 0. The summed E-state index contributed by atoms with van der Waals surface area (Å²) in [6.45, 7) is 0. The minimum Gasteiger partial charge on any atom is -0.456 e. The van der Waals surface area contributed by atoms with Gasteiger partial charge < -0.3 is 9.47 Å². The minimum atomic E-state index is 0.496. The van der Waals surface area contributed by atoms with E-state index >= 15 is 0 Å². The third-order valence-corrected chi connectivity index (χ3v) is 1.65. The number of rotatable bonds is 0. The van der Waals surface area contributed by atoms with Gasteiger partial charge in [-0.1, -0.05) is 0 Å². The zero-order chi connectivity index (χ0) is 7.68. The first-order valence-electron chi connectivity index (χ1n) is 3.00. The molecule has 56 valence electrons. The van der Waals surface area contributed by atoms with Crippen LogP contribution < -0.4 is 9.47 Å². The number of pyridine rings is 1. The molecule has 0 saturated carbocycles. The molecule has 0 radical (unpaired) electrons. The van der Waals surface area contributed by atoms with Crippen LogP contribution in [-0.4, -0.2) is 4.98 Å². The van der Waals surface area contributed by atoms with Crippen LogP contribution in [0, 0.1) is 0 Å². The van der Waals surface area contributed by atoms with E-state index in [-0.39, 0.29) is 0 Å². The molecule has 0 aliphatic carbocycles. The van der Waals surface area contributed by atoms with Gasteiger partial charge in [0.15, 0.2) is 5.75 Å². The number of hydrogen-bond donors (Lipinski definition) is 0. The fraction of sp³-hybridized carbons (Fsp3) is 0. The van der Waals surface area contributed by atoms with Crippen LogP contribution in [0.4, 0.5) is 0 Å². The van der Waals surface area contributed by atoms with E-state index in [9.17, 15) is 0 Å². The maximum Gasteiger partial charge on any atom is 0.262 e. The second-order valence-electron chi connectivity index (χ2n) is 1.96. The van der Waals surface area contributed by atoms with E-state index in [1.807, 2.05) is 0 Å². The van der Waals surface area contributed by atoms with Crippen molar-refractivity contribution < 1.29 is 9.47 Å². The van der Waals surface area contributed by atoms with Gasteiger partial charge in [-0.05, 0) is 15.9 Å². The van der Waals surface area contributed by atoms with E-state index in [1.54, 1.807) is 12.3 Å². The molecule has 0 bridgehead atoms. The largest absolute Gasteiger partial charge is 0.456 e. The van der Waals surface area contributed by atoms with Crippen LogP contribution in [0.2, 0.25) is 0 Å². The lowest BCUT2D eigenvalue weighted by atomic mass is 10.4. The van der Waals surface area contributed by atoms with Crippen LogP contribution in [0.3, 0.4) is 0 Å². The summed E-state index contributed by atoms with van der Waals surface area (Å²) in [5, 5.41) is 0. The smallest absolute Gasteiger partial charge is 0.262 e. The van der Waals surface area contributed by atoms with E-state index in [0.717, 1.165) is 4.47 Å². The third kappa shape index (κ3) is 1.21.